The molecule has 2 heterocycles. The van der Waals surface area contributed by atoms with Gasteiger partial charge in [0.2, 0.25) is 5.91 Å². The number of imidazole rings is 1. The van der Waals surface area contributed by atoms with Crippen molar-refractivity contribution in [3.63, 3.8) is 0 Å². The average Bonchev–Trinajstić information content (AvgIpc) is 3.68. The van der Waals surface area contributed by atoms with E-state index in [0.29, 0.717) is 5.92 Å². The van der Waals surface area contributed by atoms with Gasteiger partial charge in [-0.1, -0.05) is 69.8 Å². The monoisotopic (exact) mass is 526 g/mol. The van der Waals surface area contributed by atoms with E-state index in [2.05, 4.69) is 66.3 Å². The third-order valence-corrected chi connectivity index (χ3v) is 8.30. The van der Waals surface area contributed by atoms with Crippen molar-refractivity contribution in [3.8, 4) is 11.1 Å². The SMILES string of the molecule is C=C/C=C(\CC)c1ccc(-c2ccc3nc([C@@H]4[C@H]5CC[C@H](C5)N4C(=O)C(NC(=O)OC)C(C)C)[nH]c3c2)cc1. The first-order valence-corrected chi connectivity index (χ1v) is 13.9. The van der Waals surface area contributed by atoms with Crippen LogP contribution in [0.3, 0.4) is 0 Å². The quantitative estimate of drug-likeness (QED) is 0.322. The summed E-state index contributed by atoms with van der Waals surface area (Å²) in [5.41, 5.74) is 6.55. The van der Waals surface area contributed by atoms with E-state index in [9.17, 15) is 9.59 Å². The number of hydrogen-bond acceptors (Lipinski definition) is 4. The fourth-order valence-electron chi connectivity index (χ4n) is 6.30. The van der Waals surface area contributed by atoms with Gasteiger partial charge >= 0.3 is 6.09 Å². The Hall–Kier alpha value is -3.87. The number of H-pyrrole nitrogens is 1. The smallest absolute Gasteiger partial charge is 0.407 e. The zero-order chi connectivity index (χ0) is 27.7. The van der Waals surface area contributed by atoms with Gasteiger partial charge in [-0.2, -0.15) is 0 Å². The molecule has 7 heteroatoms. The van der Waals surface area contributed by atoms with Crippen molar-refractivity contribution < 1.29 is 14.3 Å². The highest BCUT2D eigenvalue weighted by Gasteiger charge is 2.51. The molecule has 1 unspecified atom stereocenters. The molecule has 1 aliphatic heterocycles. The Labute approximate surface area is 230 Å². The lowest BCUT2D eigenvalue weighted by molar-refractivity contribution is -0.139. The van der Waals surface area contributed by atoms with Gasteiger partial charge in [-0.3, -0.25) is 4.79 Å². The second-order valence-electron chi connectivity index (χ2n) is 11.0. The Bertz CT molecular complexity index is 1400. The number of benzene rings is 2. The van der Waals surface area contributed by atoms with Crippen molar-refractivity contribution in [2.45, 2.75) is 64.6 Å². The number of carbonyl (C=O) groups excluding carboxylic acids is 2. The van der Waals surface area contributed by atoms with Crippen LogP contribution >= 0.6 is 0 Å². The predicted molar refractivity (Wildman–Crippen MR) is 155 cm³/mol. The highest BCUT2D eigenvalue weighted by molar-refractivity contribution is 5.87. The summed E-state index contributed by atoms with van der Waals surface area (Å²) in [6, 6.07) is 14.3. The number of rotatable bonds is 8. The Kier molecular flexibility index (Phi) is 7.60. The van der Waals surface area contributed by atoms with E-state index >= 15 is 0 Å². The fourth-order valence-corrected chi connectivity index (χ4v) is 6.30. The summed E-state index contributed by atoms with van der Waals surface area (Å²) in [6.07, 6.45) is 7.28. The maximum atomic E-state index is 13.8. The van der Waals surface area contributed by atoms with Crippen molar-refractivity contribution in [1.82, 2.24) is 20.2 Å². The Balaban J connectivity index is 1.43. The van der Waals surface area contributed by atoms with Crippen molar-refractivity contribution in [3.05, 3.63) is 72.6 Å². The second kappa shape index (κ2) is 11.1. The molecule has 204 valence electrons. The summed E-state index contributed by atoms with van der Waals surface area (Å²) in [4.78, 5) is 36.3. The standard InChI is InChI=1S/C32H38N4O3/c1-6-8-20(7-2)21-9-11-22(12-10-21)23-14-16-26-27(18-23)34-30(33-26)29-24-13-15-25(17-24)36(29)31(37)28(19(3)4)35-32(38)39-5/h6,8-12,14,16,18-19,24-25,28-29H,1,7,13,15,17H2,2-5H3,(H,33,34)(H,35,38)/b20-8+/t24-,25+,28?,29-/m0/s1. The van der Waals surface area contributed by atoms with E-state index in [0.717, 1.165) is 53.7 Å². The number of piperidine rings is 1. The maximum absolute atomic E-state index is 13.8. The first kappa shape index (κ1) is 26.7. The van der Waals surface area contributed by atoms with Gasteiger partial charge in [0.15, 0.2) is 0 Å². The molecule has 1 saturated heterocycles. The minimum absolute atomic E-state index is 0.0641. The summed E-state index contributed by atoms with van der Waals surface area (Å²) in [7, 11) is 1.32. The van der Waals surface area contributed by atoms with Crippen LogP contribution in [0.4, 0.5) is 4.79 Å². The number of nitrogens with one attached hydrogen (secondary N) is 2. The molecule has 0 radical (unpaired) electrons. The lowest BCUT2D eigenvalue weighted by Crippen LogP contribution is -2.54. The summed E-state index contributed by atoms with van der Waals surface area (Å²) < 4.78 is 4.79. The van der Waals surface area contributed by atoms with Gasteiger partial charge in [0.25, 0.3) is 0 Å². The number of likely N-dealkylation sites (tertiary alicyclic amines) is 1. The van der Waals surface area contributed by atoms with Crippen molar-refractivity contribution in [2.75, 3.05) is 7.11 Å². The van der Waals surface area contributed by atoms with Crippen LogP contribution < -0.4 is 5.32 Å². The number of hydrogen-bond donors (Lipinski definition) is 2. The number of alkyl carbamates (subject to hydrolysis) is 1. The van der Waals surface area contributed by atoms with Crippen LogP contribution in [0.5, 0.6) is 0 Å². The number of aromatic amines is 1. The number of nitrogens with zero attached hydrogens (tertiary/aromatic N) is 2. The van der Waals surface area contributed by atoms with Crippen LogP contribution in [0.25, 0.3) is 27.7 Å². The highest BCUT2D eigenvalue weighted by atomic mass is 16.5. The van der Waals surface area contributed by atoms with Gasteiger partial charge in [-0.25, -0.2) is 9.78 Å². The van der Waals surface area contributed by atoms with Crippen LogP contribution in [-0.2, 0) is 9.53 Å². The summed E-state index contributed by atoms with van der Waals surface area (Å²) >= 11 is 0. The van der Waals surface area contributed by atoms with Gasteiger partial charge < -0.3 is 19.9 Å². The molecule has 4 atom stereocenters. The number of aromatic nitrogens is 2. The van der Waals surface area contributed by atoms with E-state index < -0.39 is 12.1 Å². The van der Waals surface area contributed by atoms with Crippen molar-refractivity contribution >= 4 is 28.6 Å². The number of allylic oxidation sites excluding steroid dienone is 3. The van der Waals surface area contributed by atoms with Crippen LogP contribution in [0.1, 0.15) is 63.9 Å². The molecule has 7 nitrogen and oxygen atoms in total. The van der Waals surface area contributed by atoms with Crippen LogP contribution in [-0.4, -0.2) is 46.1 Å². The highest BCUT2D eigenvalue weighted by Crippen LogP contribution is 2.50. The Morgan fingerprint density at radius 3 is 2.59 bits per heavy atom. The zero-order valence-electron chi connectivity index (χ0n) is 23.2. The van der Waals surface area contributed by atoms with E-state index in [1.807, 2.05) is 30.9 Å². The number of methoxy groups -OCH3 is 1. The normalized spacial score (nSPS) is 21.4. The van der Waals surface area contributed by atoms with Crippen LogP contribution in [0.2, 0.25) is 0 Å². The van der Waals surface area contributed by atoms with Crippen LogP contribution in [0.15, 0.2) is 61.2 Å². The Morgan fingerprint density at radius 1 is 1.18 bits per heavy atom. The molecular weight excluding hydrogens is 488 g/mol. The van der Waals surface area contributed by atoms with E-state index in [4.69, 9.17) is 9.72 Å². The number of ether oxygens (including phenoxy) is 1. The molecule has 2 aromatic carbocycles. The van der Waals surface area contributed by atoms with E-state index in [-0.39, 0.29) is 23.9 Å². The molecule has 2 fully saturated rings. The first-order valence-electron chi connectivity index (χ1n) is 13.9. The zero-order valence-corrected chi connectivity index (χ0v) is 23.2. The third-order valence-electron chi connectivity index (χ3n) is 8.30. The molecule has 2 bridgehead atoms. The summed E-state index contributed by atoms with van der Waals surface area (Å²) in [5, 5.41) is 2.76. The molecule has 1 aromatic heterocycles. The molecule has 0 spiro atoms. The molecule has 39 heavy (non-hydrogen) atoms. The molecule has 2 aliphatic rings. The number of amides is 2. The van der Waals surface area contributed by atoms with Gasteiger partial charge in [0.1, 0.15) is 11.9 Å². The van der Waals surface area contributed by atoms with E-state index in [1.165, 1.54) is 18.2 Å². The average molecular weight is 527 g/mol. The van der Waals surface area contributed by atoms with Crippen molar-refractivity contribution in [1.29, 1.82) is 0 Å². The van der Waals surface area contributed by atoms with Crippen molar-refractivity contribution in [2.24, 2.45) is 11.8 Å². The molecule has 1 aliphatic carbocycles. The van der Waals surface area contributed by atoms with Gasteiger partial charge in [0, 0.05) is 6.04 Å². The molecule has 2 N–H and O–H groups in total. The minimum atomic E-state index is -0.646. The molecule has 3 aromatic rings. The maximum Gasteiger partial charge on any atom is 0.407 e. The van der Waals surface area contributed by atoms with Crippen LogP contribution in [0, 0.1) is 11.8 Å². The molecule has 2 amide bonds. The lowest BCUT2D eigenvalue weighted by Gasteiger charge is -2.37. The minimum Gasteiger partial charge on any atom is -0.453 e. The van der Waals surface area contributed by atoms with Gasteiger partial charge in [0.05, 0.1) is 24.2 Å². The molecule has 1 saturated carbocycles. The second-order valence-corrected chi connectivity index (χ2v) is 11.0. The third kappa shape index (κ3) is 5.10. The summed E-state index contributed by atoms with van der Waals surface area (Å²) in [6.45, 7) is 9.86. The number of fused-ring (bicyclic) bond motifs is 3. The lowest BCUT2D eigenvalue weighted by atomic mass is 9.95. The summed E-state index contributed by atoms with van der Waals surface area (Å²) in [5.74, 6) is 1.04. The largest absolute Gasteiger partial charge is 0.453 e. The van der Waals surface area contributed by atoms with Gasteiger partial charge in [-0.05, 0) is 71.9 Å². The van der Waals surface area contributed by atoms with Gasteiger partial charge in [-0.15, -0.1) is 0 Å². The number of carbonyl (C=O) groups is 2. The molecular formula is C32H38N4O3. The fraction of sp³-hybridized carbons (Fsp3) is 0.406. The predicted octanol–water partition coefficient (Wildman–Crippen LogP) is 6.64. The molecule has 5 rings (SSSR count). The first-order chi connectivity index (χ1) is 18.8. The topological polar surface area (TPSA) is 87.3 Å². The van der Waals surface area contributed by atoms with E-state index in [1.54, 1.807) is 0 Å². The Morgan fingerprint density at radius 2 is 1.92 bits per heavy atom.